The summed E-state index contributed by atoms with van der Waals surface area (Å²) in [5, 5.41) is 1.98. The molecule has 1 aromatic rings. The standard InChI is InChI=1S/C11H12O3S2/c1-8(12)15-5-3-4-9-6-10(16-7-9)11(13)14-2/h3-4,6-7H,5H2,1-2H3. The average molecular weight is 256 g/mol. The summed E-state index contributed by atoms with van der Waals surface area (Å²) < 4.78 is 4.61. The molecule has 0 saturated heterocycles. The van der Waals surface area contributed by atoms with Crippen LogP contribution in [-0.4, -0.2) is 23.9 Å². The first kappa shape index (κ1) is 13.0. The Morgan fingerprint density at radius 1 is 1.56 bits per heavy atom. The van der Waals surface area contributed by atoms with Crippen molar-refractivity contribution in [3.63, 3.8) is 0 Å². The Hall–Kier alpha value is -1.07. The second kappa shape index (κ2) is 6.50. The number of rotatable bonds is 4. The molecule has 0 bridgehead atoms. The van der Waals surface area contributed by atoms with Gasteiger partial charge in [0.1, 0.15) is 4.88 Å². The van der Waals surface area contributed by atoms with E-state index >= 15 is 0 Å². The Labute approximate surface area is 102 Å². The van der Waals surface area contributed by atoms with Crippen LogP contribution in [-0.2, 0) is 9.53 Å². The van der Waals surface area contributed by atoms with Gasteiger partial charge in [-0.15, -0.1) is 11.3 Å². The molecule has 0 saturated carbocycles. The number of carbonyl (C=O) groups is 2. The summed E-state index contributed by atoms with van der Waals surface area (Å²) in [6.07, 6.45) is 3.79. The lowest BCUT2D eigenvalue weighted by molar-refractivity contribution is -0.109. The first-order chi connectivity index (χ1) is 7.63. The minimum Gasteiger partial charge on any atom is -0.465 e. The number of hydrogen-bond acceptors (Lipinski definition) is 5. The quantitative estimate of drug-likeness (QED) is 0.777. The van der Waals surface area contributed by atoms with E-state index in [1.54, 1.807) is 13.0 Å². The molecule has 0 unspecified atom stereocenters. The van der Waals surface area contributed by atoms with Gasteiger partial charge in [0, 0.05) is 12.7 Å². The van der Waals surface area contributed by atoms with Crippen molar-refractivity contribution in [3.05, 3.63) is 28.0 Å². The van der Waals surface area contributed by atoms with Crippen LogP contribution in [0.25, 0.3) is 6.08 Å². The van der Waals surface area contributed by atoms with Crippen LogP contribution in [0.1, 0.15) is 22.2 Å². The molecule has 1 rings (SSSR count). The SMILES string of the molecule is COC(=O)c1cc(C=CCSC(C)=O)cs1. The molecular weight excluding hydrogens is 244 g/mol. The topological polar surface area (TPSA) is 43.4 Å². The Morgan fingerprint density at radius 3 is 2.94 bits per heavy atom. The first-order valence-electron chi connectivity index (χ1n) is 4.60. The Balaban J connectivity index is 2.52. The van der Waals surface area contributed by atoms with Crippen LogP contribution >= 0.6 is 23.1 Å². The molecule has 0 aliphatic carbocycles. The van der Waals surface area contributed by atoms with Crippen LogP contribution in [0.4, 0.5) is 0 Å². The Morgan fingerprint density at radius 2 is 2.31 bits per heavy atom. The van der Waals surface area contributed by atoms with Crippen molar-refractivity contribution in [2.45, 2.75) is 6.92 Å². The zero-order chi connectivity index (χ0) is 12.0. The third-order valence-electron chi connectivity index (χ3n) is 1.70. The second-order valence-corrected chi connectivity index (χ2v) is 5.05. The molecule has 0 spiro atoms. The second-order valence-electron chi connectivity index (χ2n) is 2.94. The highest BCUT2D eigenvalue weighted by molar-refractivity contribution is 8.13. The van der Waals surface area contributed by atoms with Crippen molar-refractivity contribution in [2.24, 2.45) is 0 Å². The van der Waals surface area contributed by atoms with Gasteiger partial charge in [-0.3, -0.25) is 4.79 Å². The van der Waals surface area contributed by atoms with E-state index in [-0.39, 0.29) is 11.1 Å². The van der Waals surface area contributed by atoms with Crippen LogP contribution in [0, 0.1) is 0 Å². The molecule has 1 heterocycles. The van der Waals surface area contributed by atoms with Gasteiger partial charge in [-0.2, -0.15) is 0 Å². The van der Waals surface area contributed by atoms with E-state index < -0.39 is 0 Å². The maximum atomic E-state index is 11.2. The highest BCUT2D eigenvalue weighted by Crippen LogP contribution is 2.17. The molecule has 86 valence electrons. The van der Waals surface area contributed by atoms with Crippen LogP contribution in [0.2, 0.25) is 0 Å². The fraction of sp³-hybridized carbons (Fsp3) is 0.273. The molecule has 0 amide bonds. The van der Waals surface area contributed by atoms with Gasteiger partial charge in [0.25, 0.3) is 0 Å². The van der Waals surface area contributed by atoms with E-state index in [1.807, 2.05) is 17.5 Å². The molecule has 5 heteroatoms. The van der Waals surface area contributed by atoms with Crippen LogP contribution in [0.3, 0.4) is 0 Å². The predicted octanol–water partition coefficient (Wildman–Crippen LogP) is 2.83. The number of thioether (sulfide) groups is 1. The van der Waals surface area contributed by atoms with E-state index in [2.05, 4.69) is 4.74 Å². The minimum absolute atomic E-state index is 0.102. The minimum atomic E-state index is -0.317. The lowest BCUT2D eigenvalue weighted by Crippen LogP contribution is -1.96. The van der Waals surface area contributed by atoms with Crippen LogP contribution < -0.4 is 0 Å². The van der Waals surface area contributed by atoms with E-state index in [9.17, 15) is 9.59 Å². The van der Waals surface area contributed by atoms with Crippen molar-refractivity contribution in [3.8, 4) is 0 Å². The third kappa shape index (κ3) is 4.20. The summed E-state index contributed by atoms with van der Waals surface area (Å²) in [6.45, 7) is 1.54. The van der Waals surface area contributed by atoms with Gasteiger partial charge in [0.2, 0.25) is 0 Å². The van der Waals surface area contributed by atoms with Gasteiger partial charge in [-0.05, 0) is 17.0 Å². The summed E-state index contributed by atoms with van der Waals surface area (Å²) in [4.78, 5) is 22.4. The molecule has 1 aromatic heterocycles. The van der Waals surface area contributed by atoms with Crippen LogP contribution in [0.15, 0.2) is 17.5 Å². The van der Waals surface area contributed by atoms with Crippen molar-refractivity contribution in [1.82, 2.24) is 0 Å². The van der Waals surface area contributed by atoms with Gasteiger partial charge in [-0.1, -0.05) is 23.9 Å². The number of ether oxygens (including phenoxy) is 1. The van der Waals surface area contributed by atoms with Gasteiger partial charge in [0.05, 0.1) is 7.11 Å². The maximum Gasteiger partial charge on any atom is 0.348 e. The Kier molecular flexibility index (Phi) is 5.28. The lowest BCUT2D eigenvalue weighted by atomic mass is 10.3. The average Bonchev–Trinajstić information content (AvgIpc) is 2.71. The zero-order valence-electron chi connectivity index (χ0n) is 9.06. The van der Waals surface area contributed by atoms with Gasteiger partial charge in [-0.25, -0.2) is 4.79 Å². The Bertz CT molecular complexity index is 407. The fourth-order valence-electron chi connectivity index (χ4n) is 0.996. The molecule has 0 aliphatic rings. The summed E-state index contributed by atoms with van der Waals surface area (Å²) >= 11 is 2.60. The van der Waals surface area contributed by atoms with Crippen molar-refractivity contribution < 1.29 is 14.3 Å². The molecule has 0 aliphatic heterocycles. The summed E-state index contributed by atoms with van der Waals surface area (Å²) in [5.74, 6) is 0.335. The fourth-order valence-corrected chi connectivity index (χ4v) is 2.22. The predicted molar refractivity (Wildman–Crippen MR) is 67.8 cm³/mol. The van der Waals surface area contributed by atoms with Gasteiger partial charge < -0.3 is 4.74 Å². The van der Waals surface area contributed by atoms with Gasteiger partial charge >= 0.3 is 5.97 Å². The normalized spacial score (nSPS) is 10.6. The molecular formula is C11H12O3S2. The van der Waals surface area contributed by atoms with E-state index in [0.29, 0.717) is 10.6 Å². The van der Waals surface area contributed by atoms with Crippen LogP contribution in [0.5, 0.6) is 0 Å². The molecule has 0 atom stereocenters. The lowest BCUT2D eigenvalue weighted by Gasteiger charge is -1.91. The summed E-state index contributed by atoms with van der Waals surface area (Å²) in [5.41, 5.74) is 0.953. The van der Waals surface area contributed by atoms with E-state index in [0.717, 1.165) is 5.56 Å². The van der Waals surface area contributed by atoms with E-state index in [1.165, 1.54) is 30.2 Å². The number of carbonyl (C=O) groups excluding carboxylic acids is 2. The smallest absolute Gasteiger partial charge is 0.348 e. The number of methoxy groups -OCH3 is 1. The molecule has 0 fully saturated rings. The van der Waals surface area contributed by atoms with Gasteiger partial charge in [0.15, 0.2) is 5.12 Å². The molecule has 0 radical (unpaired) electrons. The number of thiophene rings is 1. The zero-order valence-corrected chi connectivity index (χ0v) is 10.7. The highest BCUT2D eigenvalue weighted by atomic mass is 32.2. The highest BCUT2D eigenvalue weighted by Gasteiger charge is 2.06. The number of esters is 1. The maximum absolute atomic E-state index is 11.2. The van der Waals surface area contributed by atoms with E-state index in [4.69, 9.17) is 0 Å². The largest absolute Gasteiger partial charge is 0.465 e. The monoisotopic (exact) mass is 256 g/mol. The third-order valence-corrected chi connectivity index (χ3v) is 3.39. The molecule has 3 nitrogen and oxygen atoms in total. The summed E-state index contributed by atoms with van der Waals surface area (Å²) in [6, 6.07) is 1.77. The van der Waals surface area contributed by atoms with Crippen molar-refractivity contribution in [1.29, 1.82) is 0 Å². The molecule has 0 N–H and O–H groups in total. The summed E-state index contributed by atoms with van der Waals surface area (Å²) in [7, 11) is 1.36. The first-order valence-corrected chi connectivity index (χ1v) is 6.46. The molecule has 16 heavy (non-hydrogen) atoms. The van der Waals surface area contributed by atoms with Crippen molar-refractivity contribution >= 4 is 40.3 Å². The molecule has 0 aromatic carbocycles. The number of hydrogen-bond donors (Lipinski definition) is 0. The van der Waals surface area contributed by atoms with Crippen molar-refractivity contribution in [2.75, 3.05) is 12.9 Å².